The van der Waals surface area contributed by atoms with Crippen molar-refractivity contribution in [3.05, 3.63) is 0 Å². The van der Waals surface area contributed by atoms with Crippen LogP contribution in [0.2, 0.25) is 0 Å². The van der Waals surface area contributed by atoms with Crippen molar-refractivity contribution in [2.24, 2.45) is 0 Å². The van der Waals surface area contributed by atoms with Crippen LogP contribution in [0.4, 0.5) is 8.78 Å². The van der Waals surface area contributed by atoms with Crippen molar-refractivity contribution >= 4 is 10.8 Å². The largest absolute Gasteiger partial charge is 0.310 e. The lowest BCUT2D eigenvalue weighted by Gasteiger charge is -2.08. The van der Waals surface area contributed by atoms with Gasteiger partial charge in [-0.25, -0.2) is 8.78 Å². The van der Waals surface area contributed by atoms with Gasteiger partial charge in [-0.3, -0.25) is 4.21 Å². The molecule has 0 amide bonds. The van der Waals surface area contributed by atoms with E-state index in [9.17, 15) is 13.0 Å². The average Bonchev–Trinajstić information content (AvgIpc) is 1.86. The van der Waals surface area contributed by atoms with E-state index in [4.69, 9.17) is 0 Å². The smallest absolute Gasteiger partial charge is 0.250 e. The third kappa shape index (κ3) is 6.37. The number of hydrogen-bond donors (Lipinski definition) is 1. The molecule has 0 aliphatic heterocycles. The molecular formula is C6H13F2NOS. The lowest BCUT2D eigenvalue weighted by atomic mass is 10.4. The van der Waals surface area contributed by atoms with Gasteiger partial charge in [0.1, 0.15) is 0 Å². The summed E-state index contributed by atoms with van der Waals surface area (Å²) in [5.41, 5.74) is 0. The first-order valence-electron chi connectivity index (χ1n) is 3.35. The standard InChI is InChI=1S/C6H13F2NOS/c1-5(11(2)10)3-9-4-6(7)8/h5-6,9H,3-4H2,1-2H3. The molecule has 0 saturated carbocycles. The highest BCUT2D eigenvalue weighted by molar-refractivity contribution is 7.84. The average molecular weight is 185 g/mol. The second-order valence-corrected chi connectivity index (χ2v) is 4.16. The maximum Gasteiger partial charge on any atom is 0.250 e. The van der Waals surface area contributed by atoms with Gasteiger partial charge in [0.2, 0.25) is 0 Å². The molecule has 1 N–H and O–H groups in total. The van der Waals surface area contributed by atoms with E-state index in [-0.39, 0.29) is 11.8 Å². The Labute approximate surface area is 67.8 Å². The zero-order valence-electron chi connectivity index (χ0n) is 6.64. The summed E-state index contributed by atoms with van der Waals surface area (Å²) >= 11 is 0. The Balaban J connectivity index is 3.31. The Morgan fingerprint density at radius 1 is 1.45 bits per heavy atom. The molecule has 11 heavy (non-hydrogen) atoms. The Bertz CT molecular complexity index is 132. The van der Waals surface area contributed by atoms with Crippen molar-refractivity contribution in [3.8, 4) is 0 Å². The second kappa shape index (κ2) is 5.60. The van der Waals surface area contributed by atoms with Gasteiger partial charge < -0.3 is 5.32 Å². The molecule has 2 nitrogen and oxygen atoms in total. The third-order valence-corrected chi connectivity index (χ3v) is 2.60. The SMILES string of the molecule is CC(CNCC(F)F)S(C)=O. The van der Waals surface area contributed by atoms with Crippen LogP contribution in [-0.4, -0.2) is 35.2 Å². The van der Waals surface area contributed by atoms with E-state index in [1.165, 1.54) is 0 Å². The second-order valence-electron chi connectivity index (χ2n) is 2.36. The highest BCUT2D eigenvalue weighted by Crippen LogP contribution is 1.91. The summed E-state index contributed by atoms with van der Waals surface area (Å²) in [7, 11) is -0.932. The fourth-order valence-electron chi connectivity index (χ4n) is 0.513. The Morgan fingerprint density at radius 2 is 2.00 bits per heavy atom. The molecular weight excluding hydrogens is 172 g/mol. The molecule has 0 saturated heterocycles. The molecule has 0 aromatic heterocycles. The van der Waals surface area contributed by atoms with E-state index in [2.05, 4.69) is 5.32 Å². The van der Waals surface area contributed by atoms with Crippen LogP contribution in [-0.2, 0) is 10.8 Å². The van der Waals surface area contributed by atoms with Crippen molar-refractivity contribution in [2.45, 2.75) is 18.6 Å². The number of alkyl halides is 2. The zero-order chi connectivity index (χ0) is 8.85. The summed E-state index contributed by atoms with van der Waals surface area (Å²) < 4.78 is 33.8. The van der Waals surface area contributed by atoms with Crippen molar-refractivity contribution in [1.82, 2.24) is 5.32 Å². The van der Waals surface area contributed by atoms with Gasteiger partial charge in [-0.1, -0.05) is 0 Å². The first-order valence-corrected chi connectivity index (χ1v) is 4.97. The van der Waals surface area contributed by atoms with Crippen molar-refractivity contribution in [3.63, 3.8) is 0 Å². The maximum absolute atomic E-state index is 11.5. The monoisotopic (exact) mass is 185 g/mol. The van der Waals surface area contributed by atoms with Crippen LogP contribution >= 0.6 is 0 Å². The van der Waals surface area contributed by atoms with Crippen LogP contribution in [0.5, 0.6) is 0 Å². The lowest BCUT2D eigenvalue weighted by molar-refractivity contribution is 0.146. The molecule has 0 aliphatic rings. The predicted molar refractivity (Wildman–Crippen MR) is 42.4 cm³/mol. The molecule has 2 atom stereocenters. The van der Waals surface area contributed by atoms with Gasteiger partial charge in [0.15, 0.2) is 0 Å². The summed E-state index contributed by atoms with van der Waals surface area (Å²) in [6.07, 6.45) is -0.762. The predicted octanol–water partition coefficient (Wildman–Crippen LogP) is 0.608. The number of halogens is 2. The Kier molecular flexibility index (Phi) is 5.58. The maximum atomic E-state index is 11.5. The van der Waals surface area contributed by atoms with Gasteiger partial charge in [0, 0.05) is 28.9 Å². The Hall–Kier alpha value is -0.0300. The lowest BCUT2D eigenvalue weighted by Crippen LogP contribution is -2.30. The highest BCUT2D eigenvalue weighted by atomic mass is 32.2. The topological polar surface area (TPSA) is 29.1 Å². The highest BCUT2D eigenvalue weighted by Gasteiger charge is 2.06. The van der Waals surface area contributed by atoms with Gasteiger partial charge in [0.25, 0.3) is 6.43 Å². The molecule has 5 heteroatoms. The third-order valence-electron chi connectivity index (χ3n) is 1.30. The van der Waals surface area contributed by atoms with E-state index in [0.717, 1.165) is 0 Å². The fraction of sp³-hybridized carbons (Fsp3) is 1.00. The molecule has 2 unspecified atom stereocenters. The van der Waals surface area contributed by atoms with Crippen LogP contribution in [0.3, 0.4) is 0 Å². The first kappa shape index (κ1) is 11.0. The molecule has 0 aromatic carbocycles. The number of rotatable bonds is 5. The minimum atomic E-state index is -2.33. The zero-order valence-corrected chi connectivity index (χ0v) is 7.46. The van der Waals surface area contributed by atoms with Gasteiger partial charge in [-0.15, -0.1) is 0 Å². The quantitative estimate of drug-likeness (QED) is 0.680. The van der Waals surface area contributed by atoms with Crippen LogP contribution < -0.4 is 5.32 Å². The van der Waals surface area contributed by atoms with E-state index < -0.39 is 17.2 Å². The number of hydrogen-bond acceptors (Lipinski definition) is 2. The van der Waals surface area contributed by atoms with Crippen molar-refractivity contribution in [2.75, 3.05) is 19.3 Å². The van der Waals surface area contributed by atoms with E-state index in [1.54, 1.807) is 13.2 Å². The molecule has 0 spiro atoms. The fourth-order valence-corrected chi connectivity index (χ4v) is 0.866. The van der Waals surface area contributed by atoms with Gasteiger partial charge in [-0.05, 0) is 6.92 Å². The summed E-state index contributed by atoms with van der Waals surface area (Å²) in [5.74, 6) is 0. The van der Waals surface area contributed by atoms with E-state index in [1.807, 2.05) is 0 Å². The minimum absolute atomic E-state index is 0.0613. The van der Waals surface area contributed by atoms with Gasteiger partial charge >= 0.3 is 0 Å². The first-order chi connectivity index (χ1) is 5.04. The summed E-state index contributed by atoms with van der Waals surface area (Å²) in [4.78, 5) is 0. The van der Waals surface area contributed by atoms with Crippen LogP contribution in [0.1, 0.15) is 6.92 Å². The molecule has 0 radical (unpaired) electrons. The molecule has 0 aliphatic carbocycles. The summed E-state index contributed by atoms with van der Waals surface area (Å²) in [5, 5.41) is 2.46. The summed E-state index contributed by atoms with van der Waals surface area (Å²) in [6.45, 7) is 1.82. The molecule has 68 valence electrons. The van der Waals surface area contributed by atoms with Crippen molar-refractivity contribution < 1.29 is 13.0 Å². The molecule has 0 heterocycles. The minimum Gasteiger partial charge on any atom is -0.310 e. The molecule has 0 bridgehead atoms. The molecule has 0 aromatic rings. The van der Waals surface area contributed by atoms with Crippen LogP contribution in [0.15, 0.2) is 0 Å². The Morgan fingerprint density at radius 3 is 2.36 bits per heavy atom. The van der Waals surface area contributed by atoms with Crippen LogP contribution in [0, 0.1) is 0 Å². The molecule has 0 fully saturated rings. The van der Waals surface area contributed by atoms with Gasteiger partial charge in [-0.2, -0.15) is 0 Å². The van der Waals surface area contributed by atoms with E-state index in [0.29, 0.717) is 6.54 Å². The summed E-state index contributed by atoms with van der Waals surface area (Å²) in [6, 6.07) is 0. The number of nitrogens with one attached hydrogen (secondary N) is 1. The van der Waals surface area contributed by atoms with Crippen LogP contribution in [0.25, 0.3) is 0 Å². The van der Waals surface area contributed by atoms with E-state index >= 15 is 0 Å². The molecule has 0 rings (SSSR count). The van der Waals surface area contributed by atoms with Gasteiger partial charge in [0.05, 0.1) is 6.54 Å². The normalized spacial score (nSPS) is 16.8. The van der Waals surface area contributed by atoms with Crippen molar-refractivity contribution in [1.29, 1.82) is 0 Å².